The number of nitriles is 1. The predicted octanol–water partition coefficient (Wildman–Crippen LogP) is 7.08. The highest BCUT2D eigenvalue weighted by Gasteiger charge is 2.15. The van der Waals surface area contributed by atoms with Gasteiger partial charge in [0.2, 0.25) is 0 Å². The molecule has 0 spiro atoms. The van der Waals surface area contributed by atoms with Crippen molar-refractivity contribution in [3.63, 3.8) is 0 Å². The summed E-state index contributed by atoms with van der Waals surface area (Å²) in [7, 11) is 0. The fourth-order valence-electron chi connectivity index (χ4n) is 2.74. The molecule has 0 heterocycles. The van der Waals surface area contributed by atoms with E-state index in [9.17, 15) is 10.1 Å². The highest BCUT2D eigenvalue weighted by Crippen LogP contribution is 2.35. The number of rotatable bonds is 6. The average Bonchev–Trinajstić information content (AvgIpc) is 2.74. The number of anilines is 1. The number of hydrogen-bond acceptors (Lipinski definition) is 3. The lowest BCUT2D eigenvalue weighted by atomic mass is 10.1. The van der Waals surface area contributed by atoms with E-state index in [-0.39, 0.29) is 17.2 Å². The Morgan fingerprint density at radius 1 is 1.06 bits per heavy atom. The molecule has 3 rings (SSSR count). The monoisotopic (exact) mass is 470 g/mol. The van der Waals surface area contributed by atoms with E-state index in [1.807, 2.05) is 43.3 Å². The molecule has 0 fully saturated rings. The third kappa shape index (κ3) is 6.02. The number of halogens is 3. The molecule has 1 N–H and O–H groups in total. The predicted molar refractivity (Wildman–Crippen MR) is 126 cm³/mol. The van der Waals surface area contributed by atoms with E-state index in [4.69, 9.17) is 39.5 Å². The van der Waals surface area contributed by atoms with Crippen LogP contribution in [0.2, 0.25) is 15.1 Å². The number of nitrogens with zero attached hydrogens (tertiary/aromatic N) is 1. The van der Waals surface area contributed by atoms with Gasteiger partial charge in [0.05, 0.1) is 5.02 Å². The Morgan fingerprint density at radius 3 is 2.45 bits per heavy atom. The third-order valence-corrected chi connectivity index (χ3v) is 5.21. The molecule has 0 saturated carbocycles. The summed E-state index contributed by atoms with van der Waals surface area (Å²) in [4.78, 5) is 12.6. The maximum absolute atomic E-state index is 12.6. The van der Waals surface area contributed by atoms with E-state index in [0.29, 0.717) is 27.0 Å². The van der Waals surface area contributed by atoms with Gasteiger partial charge in [-0.25, -0.2) is 0 Å². The van der Waals surface area contributed by atoms with Crippen LogP contribution in [-0.2, 0) is 11.4 Å². The van der Waals surface area contributed by atoms with Crippen LogP contribution in [0.1, 0.15) is 16.7 Å². The van der Waals surface area contributed by atoms with Crippen molar-refractivity contribution in [2.24, 2.45) is 0 Å². The van der Waals surface area contributed by atoms with Gasteiger partial charge in [0.1, 0.15) is 24.0 Å². The largest absolute Gasteiger partial charge is 0.487 e. The average molecular weight is 472 g/mol. The van der Waals surface area contributed by atoms with Gasteiger partial charge < -0.3 is 10.1 Å². The van der Waals surface area contributed by atoms with Crippen LogP contribution >= 0.6 is 34.8 Å². The highest BCUT2D eigenvalue weighted by molar-refractivity contribution is 6.36. The number of hydrogen-bond donors (Lipinski definition) is 1. The van der Waals surface area contributed by atoms with Crippen LogP contribution < -0.4 is 10.1 Å². The summed E-state index contributed by atoms with van der Waals surface area (Å²) in [5, 5.41) is 13.4. The van der Waals surface area contributed by atoms with Crippen molar-refractivity contribution in [2.75, 3.05) is 5.32 Å². The normalized spacial score (nSPS) is 11.0. The molecule has 0 bridgehead atoms. The van der Waals surface area contributed by atoms with E-state index in [0.717, 1.165) is 11.1 Å². The maximum Gasteiger partial charge on any atom is 0.266 e. The zero-order chi connectivity index (χ0) is 22.4. The molecular formula is C24H17Cl3N2O2. The van der Waals surface area contributed by atoms with E-state index >= 15 is 0 Å². The molecule has 0 aromatic heterocycles. The maximum atomic E-state index is 12.6. The summed E-state index contributed by atoms with van der Waals surface area (Å²) in [6.07, 6.45) is 1.39. The Bertz CT molecular complexity index is 1180. The van der Waals surface area contributed by atoms with Crippen LogP contribution in [0.5, 0.6) is 5.75 Å². The van der Waals surface area contributed by atoms with Crippen LogP contribution in [0, 0.1) is 18.3 Å². The molecule has 4 nitrogen and oxygen atoms in total. The summed E-state index contributed by atoms with van der Waals surface area (Å²) < 4.78 is 5.89. The van der Waals surface area contributed by atoms with Gasteiger partial charge in [-0.15, -0.1) is 0 Å². The summed E-state index contributed by atoms with van der Waals surface area (Å²) in [5.74, 6) is -0.263. The summed E-state index contributed by atoms with van der Waals surface area (Å²) in [6, 6.07) is 19.5. The summed E-state index contributed by atoms with van der Waals surface area (Å²) in [5.41, 5.74) is 2.68. The van der Waals surface area contributed by atoms with Crippen LogP contribution in [0.25, 0.3) is 6.08 Å². The van der Waals surface area contributed by atoms with Gasteiger partial charge in [0, 0.05) is 26.9 Å². The first kappa shape index (κ1) is 22.7. The van der Waals surface area contributed by atoms with Gasteiger partial charge in [0.25, 0.3) is 5.91 Å². The number of ether oxygens (including phenoxy) is 1. The molecule has 0 unspecified atom stereocenters. The number of nitrogens with one attached hydrogen (secondary N) is 1. The van der Waals surface area contributed by atoms with Gasteiger partial charge in [-0.05, 0) is 43.3 Å². The lowest BCUT2D eigenvalue weighted by molar-refractivity contribution is -0.112. The van der Waals surface area contributed by atoms with Crippen molar-refractivity contribution in [1.82, 2.24) is 0 Å². The SMILES string of the molecule is Cc1ccc(NC(=O)/C(C#N)=C/c2cc(Cl)cc(Cl)c2OCc2ccccc2Cl)cc1. The smallest absolute Gasteiger partial charge is 0.266 e. The topological polar surface area (TPSA) is 62.1 Å². The molecule has 0 aliphatic rings. The first-order chi connectivity index (χ1) is 14.9. The van der Waals surface area contributed by atoms with Gasteiger partial charge in [-0.1, -0.05) is 70.7 Å². The molecule has 3 aromatic carbocycles. The van der Waals surface area contributed by atoms with Crippen LogP contribution in [0.3, 0.4) is 0 Å². The standard InChI is InChI=1S/C24H17Cl3N2O2/c1-15-6-8-20(9-7-15)29-24(30)18(13-28)10-17-11-19(25)12-22(27)23(17)31-14-16-4-2-3-5-21(16)26/h2-12H,14H2,1H3,(H,29,30)/b18-10+. The van der Waals surface area contributed by atoms with Crippen molar-refractivity contribution in [3.05, 3.63) is 98.0 Å². The van der Waals surface area contributed by atoms with E-state index in [1.54, 1.807) is 24.3 Å². The lowest BCUT2D eigenvalue weighted by Crippen LogP contribution is -2.13. The van der Waals surface area contributed by atoms with Crippen molar-refractivity contribution in [1.29, 1.82) is 5.26 Å². The minimum absolute atomic E-state index is 0.124. The Kier molecular flexibility index (Phi) is 7.59. The molecule has 7 heteroatoms. The Labute approximate surface area is 195 Å². The van der Waals surface area contributed by atoms with E-state index < -0.39 is 5.91 Å². The van der Waals surface area contributed by atoms with Crippen LogP contribution in [0.4, 0.5) is 5.69 Å². The lowest BCUT2D eigenvalue weighted by Gasteiger charge is -2.13. The molecule has 156 valence electrons. The second-order valence-electron chi connectivity index (χ2n) is 6.68. The van der Waals surface area contributed by atoms with Crippen molar-refractivity contribution in [2.45, 2.75) is 13.5 Å². The number of carbonyl (C=O) groups excluding carboxylic acids is 1. The molecule has 0 saturated heterocycles. The Balaban J connectivity index is 1.89. The van der Waals surface area contributed by atoms with Crippen molar-refractivity contribution < 1.29 is 9.53 Å². The van der Waals surface area contributed by atoms with E-state index in [1.165, 1.54) is 12.1 Å². The third-order valence-electron chi connectivity index (χ3n) is 4.34. The summed E-state index contributed by atoms with van der Waals surface area (Å²) in [6.45, 7) is 2.10. The fourth-order valence-corrected chi connectivity index (χ4v) is 3.50. The van der Waals surface area contributed by atoms with Gasteiger partial charge >= 0.3 is 0 Å². The van der Waals surface area contributed by atoms with Crippen LogP contribution in [0.15, 0.2) is 66.2 Å². The fraction of sp³-hybridized carbons (Fsp3) is 0.0833. The van der Waals surface area contributed by atoms with Gasteiger partial charge in [-0.2, -0.15) is 5.26 Å². The Hall–Kier alpha value is -2.97. The highest BCUT2D eigenvalue weighted by atomic mass is 35.5. The zero-order valence-electron chi connectivity index (χ0n) is 16.5. The summed E-state index contributed by atoms with van der Waals surface area (Å²) >= 11 is 18.7. The number of carbonyl (C=O) groups is 1. The van der Waals surface area contributed by atoms with Crippen molar-refractivity contribution in [3.8, 4) is 11.8 Å². The molecular weight excluding hydrogens is 455 g/mol. The first-order valence-electron chi connectivity index (χ1n) is 9.22. The van der Waals surface area contributed by atoms with Crippen molar-refractivity contribution >= 4 is 52.5 Å². The minimum Gasteiger partial charge on any atom is -0.487 e. The van der Waals surface area contributed by atoms with Crippen LogP contribution in [-0.4, -0.2) is 5.91 Å². The quantitative estimate of drug-likeness (QED) is 0.308. The molecule has 1 amide bonds. The Morgan fingerprint density at radius 2 is 1.77 bits per heavy atom. The molecule has 0 radical (unpaired) electrons. The number of benzene rings is 3. The number of aryl methyl sites for hydroxylation is 1. The second-order valence-corrected chi connectivity index (χ2v) is 7.93. The van der Waals surface area contributed by atoms with E-state index in [2.05, 4.69) is 5.32 Å². The molecule has 31 heavy (non-hydrogen) atoms. The molecule has 0 atom stereocenters. The first-order valence-corrected chi connectivity index (χ1v) is 10.4. The zero-order valence-corrected chi connectivity index (χ0v) is 18.7. The molecule has 3 aromatic rings. The minimum atomic E-state index is -0.556. The molecule has 0 aliphatic carbocycles. The number of amides is 1. The van der Waals surface area contributed by atoms with Gasteiger partial charge in [0.15, 0.2) is 0 Å². The molecule has 0 aliphatic heterocycles. The van der Waals surface area contributed by atoms with Gasteiger partial charge in [-0.3, -0.25) is 4.79 Å². The second kappa shape index (κ2) is 10.4.